The molecule has 1 heterocycles. The van der Waals surface area contributed by atoms with Gasteiger partial charge in [0.25, 0.3) is 0 Å². The quantitative estimate of drug-likeness (QED) is 0.871. The predicted octanol–water partition coefficient (Wildman–Crippen LogP) is 2.00. The number of carboxylic acids is 1. The number of carboxylic acid groups (broad SMARTS) is 1. The number of hydrogen-bond donors (Lipinski definition) is 2. The lowest BCUT2D eigenvalue weighted by atomic mass is 9.74. The van der Waals surface area contributed by atoms with Gasteiger partial charge in [0.05, 0.1) is 0 Å². The number of benzene rings is 1. The molecule has 1 saturated heterocycles. The molecule has 1 amide bonds. The lowest BCUT2D eigenvalue weighted by Gasteiger charge is -2.41. The topological polar surface area (TPSA) is 83.6 Å². The molecule has 0 spiro atoms. The average molecular weight is 304 g/mol. The van der Waals surface area contributed by atoms with Gasteiger partial charge < -0.3 is 10.8 Å². The maximum atomic E-state index is 11.3. The second kappa shape index (κ2) is 6.48. The maximum absolute atomic E-state index is 11.3. The zero-order chi connectivity index (χ0) is 16.3. The Hall–Kier alpha value is -1.88. The van der Waals surface area contributed by atoms with Gasteiger partial charge in [-0.1, -0.05) is 26.0 Å². The van der Waals surface area contributed by atoms with E-state index in [-0.39, 0.29) is 5.41 Å². The average Bonchev–Trinajstić information content (AvgIpc) is 2.50. The van der Waals surface area contributed by atoms with E-state index < -0.39 is 17.9 Å². The molecule has 5 nitrogen and oxygen atoms in total. The summed E-state index contributed by atoms with van der Waals surface area (Å²) in [5.74, 6) is -1.17. The van der Waals surface area contributed by atoms with Gasteiger partial charge in [-0.25, -0.2) is 0 Å². The molecule has 1 aromatic rings. The van der Waals surface area contributed by atoms with Crippen LogP contribution in [0.2, 0.25) is 0 Å². The number of nitrogens with two attached hydrogens (primary N) is 1. The molecule has 3 N–H and O–H groups in total. The first-order chi connectivity index (χ1) is 10.4. The number of likely N-dealkylation sites (tertiary alicyclic amines) is 1. The summed E-state index contributed by atoms with van der Waals surface area (Å²) in [5, 5.41) is 9.28. The van der Waals surface area contributed by atoms with Crippen molar-refractivity contribution in [2.75, 3.05) is 13.1 Å². The van der Waals surface area contributed by atoms with Crippen molar-refractivity contribution >= 4 is 11.9 Å². The van der Waals surface area contributed by atoms with Crippen LogP contribution in [0.15, 0.2) is 24.3 Å². The van der Waals surface area contributed by atoms with Gasteiger partial charge in [-0.15, -0.1) is 0 Å². The summed E-state index contributed by atoms with van der Waals surface area (Å²) in [6, 6.07) is 7.07. The van der Waals surface area contributed by atoms with E-state index in [0.717, 1.165) is 31.5 Å². The number of amides is 1. The Bertz CT molecular complexity index is 563. The Morgan fingerprint density at radius 3 is 2.50 bits per heavy atom. The summed E-state index contributed by atoms with van der Waals surface area (Å²) >= 11 is 0. The van der Waals surface area contributed by atoms with E-state index in [4.69, 9.17) is 5.73 Å². The van der Waals surface area contributed by atoms with E-state index in [9.17, 15) is 14.7 Å². The molecule has 0 bridgehead atoms. The van der Waals surface area contributed by atoms with Crippen LogP contribution in [0.1, 0.15) is 49.0 Å². The molecule has 22 heavy (non-hydrogen) atoms. The maximum Gasteiger partial charge on any atom is 0.320 e. The van der Waals surface area contributed by atoms with Crippen LogP contribution in [0.3, 0.4) is 0 Å². The van der Waals surface area contributed by atoms with Crippen molar-refractivity contribution in [2.45, 2.75) is 44.6 Å². The minimum absolute atomic E-state index is 0.0429. The molecule has 1 aliphatic heterocycles. The molecule has 0 radical (unpaired) electrons. The number of nitrogens with zero attached hydrogens (tertiary/aromatic N) is 1. The van der Waals surface area contributed by atoms with E-state index in [1.165, 1.54) is 0 Å². The fourth-order valence-electron chi connectivity index (χ4n) is 3.25. The number of carbonyl (C=O) groups is 2. The molecule has 1 aromatic carbocycles. The van der Waals surface area contributed by atoms with E-state index in [1.807, 2.05) is 30.0 Å². The van der Waals surface area contributed by atoms with Crippen LogP contribution in [0.5, 0.6) is 0 Å². The summed E-state index contributed by atoms with van der Waals surface area (Å²) in [6.45, 7) is 5.58. The lowest BCUT2D eigenvalue weighted by molar-refractivity contribution is -0.144. The van der Waals surface area contributed by atoms with E-state index >= 15 is 0 Å². The van der Waals surface area contributed by atoms with Crippen LogP contribution >= 0.6 is 0 Å². The van der Waals surface area contributed by atoms with Crippen LogP contribution in [0.25, 0.3) is 0 Å². The molecule has 1 fully saturated rings. The lowest BCUT2D eigenvalue weighted by Crippen LogP contribution is -2.48. The fraction of sp³-hybridized carbons (Fsp3) is 0.529. The molecule has 0 aromatic heterocycles. The van der Waals surface area contributed by atoms with Gasteiger partial charge >= 0.3 is 5.97 Å². The third-order valence-electron chi connectivity index (χ3n) is 4.86. The smallest absolute Gasteiger partial charge is 0.320 e. The van der Waals surface area contributed by atoms with Gasteiger partial charge in [-0.05, 0) is 55.5 Å². The second-order valence-electron chi connectivity index (χ2n) is 6.30. The second-order valence-corrected chi connectivity index (χ2v) is 6.30. The highest BCUT2D eigenvalue weighted by molar-refractivity contribution is 5.92. The molecule has 1 aliphatic rings. The fourth-order valence-corrected chi connectivity index (χ4v) is 3.25. The van der Waals surface area contributed by atoms with E-state index in [0.29, 0.717) is 12.0 Å². The molecule has 120 valence electrons. The van der Waals surface area contributed by atoms with Crippen molar-refractivity contribution in [1.82, 2.24) is 4.90 Å². The summed E-state index contributed by atoms with van der Waals surface area (Å²) in [4.78, 5) is 24.7. The molecule has 5 heteroatoms. The van der Waals surface area contributed by atoms with Crippen LogP contribution in [-0.2, 0) is 10.2 Å². The molecule has 1 atom stereocenters. The largest absolute Gasteiger partial charge is 0.480 e. The van der Waals surface area contributed by atoms with Crippen LogP contribution in [-0.4, -0.2) is 41.0 Å². The highest BCUT2D eigenvalue weighted by Crippen LogP contribution is 2.36. The highest BCUT2D eigenvalue weighted by Gasteiger charge is 2.35. The Kier molecular flexibility index (Phi) is 4.86. The van der Waals surface area contributed by atoms with Gasteiger partial charge in [-0.2, -0.15) is 0 Å². The zero-order valence-electron chi connectivity index (χ0n) is 13.2. The minimum Gasteiger partial charge on any atom is -0.480 e. The molecule has 1 unspecified atom stereocenters. The van der Waals surface area contributed by atoms with Crippen molar-refractivity contribution < 1.29 is 14.7 Å². The first kappa shape index (κ1) is 16.5. The summed E-state index contributed by atoms with van der Waals surface area (Å²) in [7, 11) is 0. The van der Waals surface area contributed by atoms with Crippen molar-refractivity contribution in [3.8, 4) is 0 Å². The highest BCUT2D eigenvalue weighted by atomic mass is 16.4. The molecular weight excluding hydrogens is 280 g/mol. The predicted molar refractivity (Wildman–Crippen MR) is 84.8 cm³/mol. The molecule has 2 rings (SSSR count). The molecule has 0 aliphatic carbocycles. The Morgan fingerprint density at radius 2 is 2.00 bits per heavy atom. The third-order valence-corrected chi connectivity index (χ3v) is 4.86. The molecular formula is C17H24N2O3. The Labute approximate surface area is 131 Å². The number of primary amides is 1. The number of hydrogen-bond acceptors (Lipinski definition) is 3. The minimum atomic E-state index is -0.748. The Morgan fingerprint density at radius 1 is 1.36 bits per heavy atom. The molecule has 0 saturated carbocycles. The third kappa shape index (κ3) is 3.30. The van der Waals surface area contributed by atoms with Gasteiger partial charge in [-0.3, -0.25) is 14.5 Å². The monoisotopic (exact) mass is 304 g/mol. The van der Waals surface area contributed by atoms with E-state index in [2.05, 4.69) is 6.92 Å². The van der Waals surface area contributed by atoms with Gasteiger partial charge in [0.15, 0.2) is 0 Å². The number of carbonyl (C=O) groups excluding carboxylic acids is 1. The van der Waals surface area contributed by atoms with Gasteiger partial charge in [0.2, 0.25) is 5.91 Å². The van der Waals surface area contributed by atoms with Gasteiger partial charge in [0, 0.05) is 5.56 Å². The SMILES string of the molecule is CCC(C(=O)O)N1CCC(C)(c2cccc(C(N)=O)c2)CC1. The van der Waals surface area contributed by atoms with Crippen LogP contribution in [0, 0.1) is 0 Å². The summed E-state index contributed by atoms with van der Waals surface area (Å²) < 4.78 is 0. The summed E-state index contributed by atoms with van der Waals surface area (Å²) in [5.41, 5.74) is 6.94. The van der Waals surface area contributed by atoms with Crippen LogP contribution in [0.4, 0.5) is 0 Å². The number of rotatable bonds is 5. The first-order valence-corrected chi connectivity index (χ1v) is 7.74. The van der Waals surface area contributed by atoms with Crippen molar-refractivity contribution in [1.29, 1.82) is 0 Å². The standard InChI is InChI=1S/C17H24N2O3/c1-3-14(16(21)22)19-9-7-17(2,8-10-19)13-6-4-5-12(11-13)15(18)20/h4-6,11,14H,3,7-10H2,1-2H3,(H2,18,20)(H,21,22). The van der Waals surface area contributed by atoms with Crippen LogP contribution < -0.4 is 5.73 Å². The number of aliphatic carboxylic acids is 1. The zero-order valence-corrected chi connectivity index (χ0v) is 13.2. The number of piperidine rings is 1. The van der Waals surface area contributed by atoms with Crippen molar-refractivity contribution in [3.05, 3.63) is 35.4 Å². The Balaban J connectivity index is 2.13. The van der Waals surface area contributed by atoms with Gasteiger partial charge in [0.1, 0.15) is 6.04 Å². The summed E-state index contributed by atoms with van der Waals surface area (Å²) in [6.07, 6.45) is 2.36. The van der Waals surface area contributed by atoms with Crippen molar-refractivity contribution in [3.63, 3.8) is 0 Å². The van der Waals surface area contributed by atoms with Crippen molar-refractivity contribution in [2.24, 2.45) is 5.73 Å². The first-order valence-electron chi connectivity index (χ1n) is 7.74. The van der Waals surface area contributed by atoms with E-state index in [1.54, 1.807) is 6.07 Å². The normalized spacial score (nSPS) is 19.5.